The van der Waals surface area contributed by atoms with Crippen molar-refractivity contribution in [3.63, 3.8) is 0 Å². The number of aliphatic hydroxyl groups excluding tert-OH is 1. The van der Waals surface area contributed by atoms with Gasteiger partial charge in [-0.05, 0) is 62.8 Å². The summed E-state index contributed by atoms with van der Waals surface area (Å²) in [4.78, 5) is 23.7. The van der Waals surface area contributed by atoms with Gasteiger partial charge in [0, 0.05) is 60.0 Å². The van der Waals surface area contributed by atoms with Gasteiger partial charge in [0.2, 0.25) is 0 Å². The van der Waals surface area contributed by atoms with E-state index in [1.54, 1.807) is 31.0 Å². The second-order valence-corrected chi connectivity index (χ2v) is 11.6. The average molecular weight is 593 g/mol. The molecular weight excluding hydrogens is 559 g/mol. The minimum atomic E-state index is -0.590. The highest BCUT2D eigenvalue weighted by atomic mass is 19.1. The van der Waals surface area contributed by atoms with Crippen LogP contribution in [0, 0.1) is 11.7 Å². The van der Waals surface area contributed by atoms with Gasteiger partial charge in [-0.15, -0.1) is 0 Å². The molecule has 1 aromatic carbocycles. The van der Waals surface area contributed by atoms with Crippen LogP contribution in [0.3, 0.4) is 0 Å². The van der Waals surface area contributed by atoms with Gasteiger partial charge in [0.1, 0.15) is 17.7 Å². The zero-order chi connectivity index (χ0) is 30.2. The van der Waals surface area contributed by atoms with E-state index in [1.807, 2.05) is 32.3 Å². The number of fused-ring (bicyclic) bond motifs is 2. The zero-order valence-electron chi connectivity index (χ0n) is 24.5. The maximum Gasteiger partial charge on any atom is 0.159 e. The number of imidazole rings is 1. The summed E-state index contributed by atoms with van der Waals surface area (Å²) in [6, 6.07) is 8.84. The lowest BCUT2D eigenvalue weighted by atomic mass is 9.84. The fourth-order valence-corrected chi connectivity index (χ4v) is 5.49. The van der Waals surface area contributed by atoms with Crippen LogP contribution in [0.5, 0.6) is 0 Å². The molecule has 12 heteroatoms. The summed E-state index contributed by atoms with van der Waals surface area (Å²) < 4.78 is 14.7. The highest BCUT2D eigenvalue weighted by molar-refractivity contribution is 5.97. The van der Waals surface area contributed by atoms with Crippen molar-refractivity contribution < 1.29 is 9.50 Å². The first-order valence-electron chi connectivity index (χ1n) is 14.7. The Morgan fingerprint density at radius 3 is 2.61 bits per heavy atom. The lowest BCUT2D eigenvalue weighted by Gasteiger charge is -2.31. The first-order chi connectivity index (χ1) is 21.4. The first-order valence-corrected chi connectivity index (χ1v) is 14.7. The molecule has 0 aliphatic heterocycles. The quantitative estimate of drug-likeness (QED) is 0.134. The maximum atomic E-state index is 14.7. The second-order valence-electron chi connectivity index (χ2n) is 11.6. The highest BCUT2D eigenvalue weighted by Crippen LogP contribution is 2.34. The van der Waals surface area contributed by atoms with E-state index >= 15 is 0 Å². The van der Waals surface area contributed by atoms with Crippen LogP contribution >= 0.6 is 0 Å². The molecule has 6 aromatic rings. The van der Waals surface area contributed by atoms with Crippen molar-refractivity contribution >= 4 is 33.4 Å². The standard InChI is InChI=1S/C32H33FN10O/c1-43(2)7-6-36-23-9-19(8-22(33)12-23)26-16-35-17-27-28(26)40-31(39-27)29-25-11-21(14-37-30(25)42-41-29)20-10-24(15-34-13-20)38-32(44)18-4-3-5-18/h8-18,32,36,38,44H,3-7H2,1-2H3,(H,39,40)(H,37,41,42). The van der Waals surface area contributed by atoms with Crippen molar-refractivity contribution in [3.8, 4) is 33.8 Å². The van der Waals surface area contributed by atoms with Crippen LogP contribution in [0.2, 0.25) is 0 Å². The molecule has 5 aromatic heterocycles. The van der Waals surface area contributed by atoms with Crippen LogP contribution in [-0.4, -0.2) is 78.5 Å². The number of nitrogens with zero attached hydrogens (tertiary/aromatic N) is 6. The minimum Gasteiger partial charge on any atom is -0.384 e. The van der Waals surface area contributed by atoms with Crippen LogP contribution in [0.4, 0.5) is 15.8 Å². The number of likely N-dealkylation sites (N-methyl/N-ethyl adjacent to an activating group) is 1. The number of hydrogen-bond donors (Lipinski definition) is 5. The van der Waals surface area contributed by atoms with Crippen molar-refractivity contribution in [2.24, 2.45) is 5.92 Å². The number of pyridine rings is 3. The van der Waals surface area contributed by atoms with Gasteiger partial charge < -0.3 is 25.6 Å². The van der Waals surface area contributed by atoms with Crippen LogP contribution in [-0.2, 0) is 0 Å². The van der Waals surface area contributed by atoms with Gasteiger partial charge in [0.15, 0.2) is 11.5 Å². The minimum absolute atomic E-state index is 0.275. The number of nitrogens with one attached hydrogen (secondary N) is 4. The third-order valence-electron chi connectivity index (χ3n) is 8.11. The number of rotatable bonds is 10. The molecule has 1 saturated carbocycles. The molecule has 0 bridgehead atoms. The summed E-state index contributed by atoms with van der Waals surface area (Å²) in [7, 11) is 3.99. The SMILES string of the molecule is CN(C)CCNc1cc(F)cc(-c2cncc3[nH]c(-c4n[nH]c5ncc(-c6cncc(NC(O)C7CCC7)c6)cc45)nc23)c1. The molecule has 0 amide bonds. The van der Waals surface area contributed by atoms with Crippen LogP contribution < -0.4 is 10.6 Å². The molecule has 44 heavy (non-hydrogen) atoms. The Balaban J connectivity index is 1.21. The van der Waals surface area contributed by atoms with Crippen molar-refractivity contribution in [1.82, 2.24) is 40.0 Å². The van der Waals surface area contributed by atoms with Gasteiger partial charge >= 0.3 is 0 Å². The molecule has 1 unspecified atom stereocenters. The number of aliphatic hydroxyl groups is 1. The Hall–Kier alpha value is -4.94. The van der Waals surface area contributed by atoms with Gasteiger partial charge in [0.05, 0.1) is 34.5 Å². The predicted octanol–water partition coefficient (Wildman–Crippen LogP) is 5.27. The number of hydrogen-bond acceptors (Lipinski definition) is 9. The van der Waals surface area contributed by atoms with E-state index in [4.69, 9.17) is 4.98 Å². The molecule has 1 aliphatic carbocycles. The van der Waals surface area contributed by atoms with Gasteiger partial charge in [-0.2, -0.15) is 5.10 Å². The first kappa shape index (κ1) is 27.9. The predicted molar refractivity (Wildman–Crippen MR) is 169 cm³/mol. The Bertz CT molecular complexity index is 1950. The summed E-state index contributed by atoms with van der Waals surface area (Å²) in [6.45, 7) is 1.51. The van der Waals surface area contributed by atoms with Crippen molar-refractivity contribution in [3.05, 3.63) is 67.1 Å². The lowest BCUT2D eigenvalue weighted by Crippen LogP contribution is -2.33. The van der Waals surface area contributed by atoms with E-state index in [1.165, 1.54) is 12.1 Å². The molecule has 5 N–H and O–H groups in total. The summed E-state index contributed by atoms with van der Waals surface area (Å²) in [5.41, 5.74) is 7.11. The van der Waals surface area contributed by atoms with Gasteiger partial charge in [0.25, 0.3) is 0 Å². The Morgan fingerprint density at radius 1 is 0.977 bits per heavy atom. The van der Waals surface area contributed by atoms with Crippen LogP contribution in [0.1, 0.15) is 19.3 Å². The summed E-state index contributed by atoms with van der Waals surface area (Å²) >= 11 is 0. The largest absolute Gasteiger partial charge is 0.384 e. The molecule has 0 spiro atoms. The normalized spacial score (nSPS) is 14.3. The van der Waals surface area contributed by atoms with Crippen molar-refractivity contribution in [2.75, 3.05) is 37.8 Å². The molecule has 1 atom stereocenters. The zero-order valence-corrected chi connectivity index (χ0v) is 24.5. The monoisotopic (exact) mass is 592 g/mol. The molecule has 224 valence electrons. The van der Waals surface area contributed by atoms with E-state index < -0.39 is 6.23 Å². The lowest BCUT2D eigenvalue weighted by molar-refractivity contribution is 0.0851. The van der Waals surface area contributed by atoms with E-state index in [0.717, 1.165) is 48.0 Å². The molecule has 7 rings (SSSR count). The number of aromatic nitrogens is 7. The third kappa shape index (κ3) is 5.56. The highest BCUT2D eigenvalue weighted by Gasteiger charge is 2.25. The van der Waals surface area contributed by atoms with Gasteiger partial charge in [-0.1, -0.05) is 6.42 Å². The Kier molecular flexibility index (Phi) is 7.36. The number of halogens is 1. The molecule has 5 heterocycles. The molecule has 0 radical (unpaired) electrons. The summed E-state index contributed by atoms with van der Waals surface area (Å²) in [5, 5.41) is 25.3. The number of anilines is 2. The number of benzene rings is 1. The fraction of sp³-hybridized carbons (Fsp3) is 0.281. The number of aromatic amines is 2. The fourth-order valence-electron chi connectivity index (χ4n) is 5.49. The average Bonchev–Trinajstić information content (AvgIpc) is 3.59. The molecule has 1 aliphatic rings. The molecular formula is C32H33FN10O. The number of H-pyrrole nitrogens is 2. The van der Waals surface area contributed by atoms with Crippen molar-refractivity contribution in [1.29, 1.82) is 0 Å². The topological polar surface area (TPSA) is 144 Å². The third-order valence-corrected chi connectivity index (χ3v) is 8.11. The van der Waals surface area contributed by atoms with Gasteiger partial charge in [-0.25, -0.2) is 14.4 Å². The van der Waals surface area contributed by atoms with E-state index in [0.29, 0.717) is 51.6 Å². The van der Waals surface area contributed by atoms with Crippen LogP contribution in [0.25, 0.3) is 55.8 Å². The smallest absolute Gasteiger partial charge is 0.159 e. The summed E-state index contributed by atoms with van der Waals surface area (Å²) in [6.07, 6.45) is 11.3. The Labute approximate surface area is 253 Å². The van der Waals surface area contributed by atoms with E-state index in [-0.39, 0.29) is 11.7 Å². The van der Waals surface area contributed by atoms with Crippen molar-refractivity contribution in [2.45, 2.75) is 25.5 Å². The van der Waals surface area contributed by atoms with E-state index in [2.05, 4.69) is 45.7 Å². The molecule has 0 saturated heterocycles. The maximum absolute atomic E-state index is 14.7. The van der Waals surface area contributed by atoms with Gasteiger partial charge in [-0.3, -0.25) is 15.1 Å². The van der Waals surface area contributed by atoms with Crippen LogP contribution in [0.15, 0.2) is 61.3 Å². The Morgan fingerprint density at radius 2 is 1.80 bits per heavy atom. The molecule has 1 fully saturated rings. The molecule has 11 nitrogen and oxygen atoms in total. The second kappa shape index (κ2) is 11.6. The van der Waals surface area contributed by atoms with E-state index in [9.17, 15) is 9.50 Å². The summed E-state index contributed by atoms with van der Waals surface area (Å²) in [5.74, 6) is 0.473.